The van der Waals surface area contributed by atoms with Gasteiger partial charge in [0.05, 0.1) is 11.7 Å². The molecule has 0 aromatic heterocycles. The van der Waals surface area contributed by atoms with Crippen molar-refractivity contribution >= 4 is 12.0 Å². The SMILES string of the molecule is CCC(O)(/C=C/c1ccc(C(CC)(CC)c2ccc(OC[C@H](O)CCC(=O)O)c(C)c2)cc1C)CC. The van der Waals surface area contributed by atoms with Gasteiger partial charge in [0.15, 0.2) is 0 Å². The molecule has 3 N–H and O–H groups in total. The molecule has 198 valence electrons. The van der Waals surface area contributed by atoms with E-state index in [1.165, 1.54) is 16.7 Å². The van der Waals surface area contributed by atoms with Gasteiger partial charge in [0.25, 0.3) is 0 Å². The van der Waals surface area contributed by atoms with Crippen LogP contribution in [0.4, 0.5) is 0 Å². The maximum atomic E-state index is 10.7. The molecule has 5 heteroatoms. The van der Waals surface area contributed by atoms with Crippen LogP contribution in [0.3, 0.4) is 0 Å². The molecule has 36 heavy (non-hydrogen) atoms. The van der Waals surface area contributed by atoms with Gasteiger partial charge in [-0.3, -0.25) is 4.79 Å². The third-order valence-corrected chi connectivity index (χ3v) is 7.68. The molecule has 0 heterocycles. The Balaban J connectivity index is 2.30. The Hall–Kier alpha value is -2.63. The van der Waals surface area contributed by atoms with Crippen LogP contribution in [0.2, 0.25) is 0 Å². The van der Waals surface area contributed by atoms with Gasteiger partial charge in [-0.25, -0.2) is 0 Å². The van der Waals surface area contributed by atoms with Crippen molar-refractivity contribution < 1.29 is 24.9 Å². The normalized spacial score (nSPS) is 13.2. The molecule has 5 nitrogen and oxygen atoms in total. The smallest absolute Gasteiger partial charge is 0.303 e. The van der Waals surface area contributed by atoms with Crippen molar-refractivity contribution in [2.45, 2.75) is 97.2 Å². The van der Waals surface area contributed by atoms with Crippen molar-refractivity contribution in [3.63, 3.8) is 0 Å². The molecule has 0 aliphatic carbocycles. The molecule has 0 aliphatic heterocycles. The maximum Gasteiger partial charge on any atom is 0.303 e. The fourth-order valence-corrected chi connectivity index (χ4v) is 4.79. The summed E-state index contributed by atoms with van der Waals surface area (Å²) in [7, 11) is 0. The van der Waals surface area contributed by atoms with Gasteiger partial charge in [-0.1, -0.05) is 70.2 Å². The predicted octanol–water partition coefficient (Wildman–Crippen LogP) is 6.58. The van der Waals surface area contributed by atoms with Gasteiger partial charge in [-0.05, 0) is 79.8 Å². The molecule has 0 unspecified atom stereocenters. The summed E-state index contributed by atoms with van der Waals surface area (Å²) in [6.45, 7) is 12.6. The van der Waals surface area contributed by atoms with Crippen LogP contribution in [0.1, 0.15) is 94.0 Å². The van der Waals surface area contributed by atoms with Gasteiger partial charge in [-0.15, -0.1) is 0 Å². The highest BCUT2D eigenvalue weighted by Crippen LogP contribution is 2.41. The summed E-state index contributed by atoms with van der Waals surface area (Å²) in [5.74, 6) is -0.224. The molecule has 0 saturated heterocycles. The van der Waals surface area contributed by atoms with Crippen molar-refractivity contribution in [1.29, 1.82) is 0 Å². The van der Waals surface area contributed by atoms with Gasteiger partial charge < -0.3 is 20.1 Å². The zero-order valence-electron chi connectivity index (χ0n) is 22.8. The first-order valence-electron chi connectivity index (χ1n) is 13.2. The van der Waals surface area contributed by atoms with Crippen LogP contribution in [0.25, 0.3) is 6.08 Å². The lowest BCUT2D eigenvalue weighted by atomic mass is 9.70. The maximum absolute atomic E-state index is 10.7. The van der Waals surface area contributed by atoms with E-state index < -0.39 is 17.7 Å². The number of aryl methyl sites for hydroxylation is 2. The molecule has 0 saturated carbocycles. The summed E-state index contributed by atoms with van der Waals surface area (Å²) in [6, 6.07) is 12.8. The Bertz CT molecular complexity index is 1030. The van der Waals surface area contributed by atoms with Gasteiger partial charge in [0.1, 0.15) is 12.4 Å². The monoisotopic (exact) mass is 496 g/mol. The van der Waals surface area contributed by atoms with Crippen molar-refractivity contribution in [2.24, 2.45) is 0 Å². The van der Waals surface area contributed by atoms with Gasteiger partial charge in [0, 0.05) is 11.8 Å². The van der Waals surface area contributed by atoms with E-state index in [1.807, 2.05) is 39.0 Å². The number of hydrogen-bond donors (Lipinski definition) is 3. The van der Waals surface area contributed by atoms with Crippen LogP contribution in [-0.4, -0.2) is 39.6 Å². The van der Waals surface area contributed by atoms with Crippen LogP contribution < -0.4 is 4.74 Å². The Morgan fingerprint density at radius 1 is 0.944 bits per heavy atom. The number of rotatable bonds is 14. The Labute approximate surface area is 216 Å². The van der Waals surface area contributed by atoms with Crippen molar-refractivity contribution in [3.05, 3.63) is 70.3 Å². The highest BCUT2D eigenvalue weighted by atomic mass is 16.5. The topological polar surface area (TPSA) is 87.0 Å². The summed E-state index contributed by atoms with van der Waals surface area (Å²) in [6.07, 6.45) is 6.49. The quantitative estimate of drug-likeness (QED) is 0.275. The van der Waals surface area contributed by atoms with E-state index in [9.17, 15) is 15.0 Å². The second kappa shape index (κ2) is 13.1. The first-order valence-corrected chi connectivity index (χ1v) is 13.2. The van der Waals surface area contributed by atoms with Crippen LogP contribution in [0, 0.1) is 13.8 Å². The first kappa shape index (κ1) is 29.6. The fourth-order valence-electron chi connectivity index (χ4n) is 4.79. The predicted molar refractivity (Wildman–Crippen MR) is 147 cm³/mol. The number of carboxylic acid groups (broad SMARTS) is 1. The molecule has 0 spiro atoms. The summed E-state index contributed by atoms with van der Waals surface area (Å²) >= 11 is 0. The number of aliphatic hydroxyl groups is 2. The van der Waals surface area contributed by atoms with E-state index in [0.717, 1.165) is 24.0 Å². The molecular weight excluding hydrogens is 452 g/mol. The number of aliphatic hydroxyl groups excluding tert-OH is 1. The van der Waals surface area contributed by atoms with Crippen molar-refractivity contribution in [1.82, 2.24) is 0 Å². The van der Waals surface area contributed by atoms with Crippen LogP contribution >= 0.6 is 0 Å². The molecular formula is C31H44O5. The summed E-state index contributed by atoms with van der Waals surface area (Å²) < 4.78 is 5.81. The lowest BCUT2D eigenvalue weighted by Gasteiger charge is -2.34. The number of benzene rings is 2. The summed E-state index contributed by atoms with van der Waals surface area (Å²) in [5, 5.41) is 29.4. The second-order valence-corrected chi connectivity index (χ2v) is 9.88. The molecule has 0 amide bonds. The molecule has 2 aromatic carbocycles. The van der Waals surface area contributed by atoms with Gasteiger partial charge >= 0.3 is 5.97 Å². The Morgan fingerprint density at radius 2 is 1.53 bits per heavy atom. The number of carboxylic acids is 1. The van der Waals surface area contributed by atoms with Crippen LogP contribution in [0.5, 0.6) is 5.75 Å². The number of carbonyl (C=O) groups is 1. The summed E-state index contributed by atoms with van der Waals surface area (Å²) in [4.78, 5) is 10.7. The van der Waals surface area contributed by atoms with Crippen molar-refractivity contribution in [2.75, 3.05) is 6.61 Å². The zero-order chi connectivity index (χ0) is 26.9. The summed E-state index contributed by atoms with van der Waals surface area (Å²) in [5.41, 5.74) is 4.84. The van der Waals surface area contributed by atoms with E-state index in [1.54, 1.807) is 0 Å². The lowest BCUT2D eigenvalue weighted by molar-refractivity contribution is -0.137. The Morgan fingerprint density at radius 3 is 2.03 bits per heavy atom. The van der Waals surface area contributed by atoms with E-state index >= 15 is 0 Å². The average molecular weight is 497 g/mol. The number of ether oxygens (including phenoxy) is 1. The molecule has 0 fully saturated rings. The third kappa shape index (κ3) is 7.21. The fraction of sp³-hybridized carbons (Fsp3) is 0.516. The minimum Gasteiger partial charge on any atom is -0.491 e. The molecule has 2 rings (SSSR count). The van der Waals surface area contributed by atoms with E-state index in [4.69, 9.17) is 9.84 Å². The van der Waals surface area contributed by atoms with Crippen molar-refractivity contribution in [3.8, 4) is 5.75 Å². The first-order chi connectivity index (χ1) is 17.0. The van der Waals surface area contributed by atoms with E-state index in [2.05, 4.69) is 51.1 Å². The zero-order valence-corrected chi connectivity index (χ0v) is 22.8. The minimum absolute atomic E-state index is 0.0690. The third-order valence-electron chi connectivity index (χ3n) is 7.68. The number of aliphatic carboxylic acids is 1. The molecule has 0 radical (unpaired) electrons. The van der Waals surface area contributed by atoms with Gasteiger partial charge in [-0.2, -0.15) is 0 Å². The molecule has 1 atom stereocenters. The average Bonchev–Trinajstić information content (AvgIpc) is 2.87. The van der Waals surface area contributed by atoms with Crippen LogP contribution in [0.15, 0.2) is 42.5 Å². The largest absolute Gasteiger partial charge is 0.491 e. The highest BCUT2D eigenvalue weighted by molar-refractivity contribution is 5.66. The van der Waals surface area contributed by atoms with E-state index in [0.29, 0.717) is 18.6 Å². The molecule has 2 aromatic rings. The molecule has 0 bridgehead atoms. The minimum atomic E-state index is -0.923. The highest BCUT2D eigenvalue weighted by Gasteiger charge is 2.31. The molecule has 0 aliphatic rings. The standard InChI is InChI=1S/C31H44O5/c1-7-30(35,8-2)18-17-24-11-12-25(19-22(24)5)31(9-3,10-4)26-13-15-28(23(6)20-26)36-21-27(32)14-16-29(33)34/h11-13,15,17-20,27,32,35H,7-10,14,16,21H2,1-6H3,(H,33,34)/b18-17+/t27-/m1/s1. The van der Waals surface area contributed by atoms with Gasteiger partial charge in [0.2, 0.25) is 0 Å². The lowest BCUT2D eigenvalue weighted by Crippen LogP contribution is -2.26. The second-order valence-electron chi connectivity index (χ2n) is 9.88. The Kier molecular flexibility index (Phi) is 10.7. The van der Waals surface area contributed by atoms with Crippen LogP contribution in [-0.2, 0) is 10.2 Å². The van der Waals surface area contributed by atoms with E-state index in [-0.39, 0.29) is 24.9 Å². The number of hydrogen-bond acceptors (Lipinski definition) is 4.